The molecule has 0 aliphatic carbocycles. The maximum Gasteiger partial charge on any atom is 0.145 e. The average Bonchev–Trinajstić information content (AvgIpc) is 3.03. The molecule has 5 rings (SSSR count). The van der Waals surface area contributed by atoms with Gasteiger partial charge < -0.3 is 20.9 Å². The fourth-order valence-electron chi connectivity index (χ4n) is 5.21. The van der Waals surface area contributed by atoms with Crippen LogP contribution in [0, 0.1) is 22.7 Å². The first kappa shape index (κ1) is 29.8. The van der Waals surface area contributed by atoms with E-state index in [1.807, 2.05) is 24.3 Å². The molecule has 4 N–H and O–H groups in total. The van der Waals surface area contributed by atoms with Gasteiger partial charge in [-0.3, -0.25) is 0 Å². The van der Waals surface area contributed by atoms with Crippen molar-refractivity contribution in [2.45, 2.75) is 38.5 Å². The van der Waals surface area contributed by atoms with Crippen LogP contribution < -0.4 is 20.9 Å². The van der Waals surface area contributed by atoms with Crippen LogP contribution in [0.2, 0.25) is 0 Å². The third-order valence-electron chi connectivity index (χ3n) is 8.16. The first-order valence-corrected chi connectivity index (χ1v) is 14.3. The first-order valence-electron chi connectivity index (χ1n) is 14.3. The van der Waals surface area contributed by atoms with Crippen molar-refractivity contribution < 1.29 is 9.47 Å². The summed E-state index contributed by atoms with van der Waals surface area (Å²) in [5.74, 6) is 2.24. The van der Waals surface area contributed by atoms with E-state index in [9.17, 15) is 10.5 Å². The van der Waals surface area contributed by atoms with E-state index in [1.165, 1.54) is 11.1 Å². The number of nitrogens with zero attached hydrogens (tertiary/aromatic N) is 2. The lowest BCUT2D eigenvalue weighted by Gasteiger charge is -2.31. The quantitative estimate of drug-likeness (QED) is 0.178. The van der Waals surface area contributed by atoms with E-state index in [0.717, 1.165) is 11.1 Å². The number of rotatable bonds is 8. The zero-order chi connectivity index (χ0) is 31.5. The Morgan fingerprint density at radius 3 is 1.25 bits per heavy atom. The van der Waals surface area contributed by atoms with Crippen LogP contribution in [0.4, 0.5) is 11.4 Å². The first-order chi connectivity index (χ1) is 21.0. The van der Waals surface area contributed by atoms with Crippen LogP contribution in [0.1, 0.15) is 61.1 Å². The van der Waals surface area contributed by atoms with Gasteiger partial charge in [0.1, 0.15) is 35.1 Å². The highest BCUT2D eigenvalue weighted by molar-refractivity contribution is 5.56. The molecule has 0 saturated heterocycles. The van der Waals surface area contributed by atoms with E-state index < -0.39 is 0 Å². The fourth-order valence-corrected chi connectivity index (χ4v) is 5.21. The maximum absolute atomic E-state index is 9.44. The third kappa shape index (κ3) is 6.07. The van der Waals surface area contributed by atoms with Crippen molar-refractivity contribution in [2.24, 2.45) is 0 Å². The molecule has 0 atom stereocenters. The van der Waals surface area contributed by atoms with Crippen LogP contribution in [0.3, 0.4) is 0 Å². The van der Waals surface area contributed by atoms with Gasteiger partial charge in [-0.05, 0) is 82.9 Å². The largest absolute Gasteiger partial charge is 0.456 e. The van der Waals surface area contributed by atoms with Gasteiger partial charge in [0.15, 0.2) is 0 Å². The second-order valence-corrected chi connectivity index (χ2v) is 11.8. The van der Waals surface area contributed by atoms with Gasteiger partial charge in [-0.15, -0.1) is 0 Å². The molecule has 6 nitrogen and oxygen atoms in total. The Hall–Kier alpha value is -5.72. The summed E-state index contributed by atoms with van der Waals surface area (Å²) in [5.41, 5.74) is 17.5. The van der Waals surface area contributed by atoms with Crippen molar-refractivity contribution in [3.63, 3.8) is 0 Å². The molecular formula is C38H34N4O2. The van der Waals surface area contributed by atoms with Crippen LogP contribution in [0.15, 0.2) is 109 Å². The van der Waals surface area contributed by atoms with Gasteiger partial charge in [-0.25, -0.2) is 0 Å². The fraction of sp³-hybridized carbons (Fsp3) is 0.158. The topological polar surface area (TPSA) is 118 Å². The molecule has 0 amide bonds. The minimum absolute atomic E-state index is 0.279. The van der Waals surface area contributed by atoms with Crippen LogP contribution >= 0.6 is 0 Å². The number of hydrogen-bond acceptors (Lipinski definition) is 6. The highest BCUT2D eigenvalue weighted by Gasteiger charge is 2.28. The van der Waals surface area contributed by atoms with Crippen molar-refractivity contribution in [3.8, 4) is 35.1 Å². The van der Waals surface area contributed by atoms with Crippen molar-refractivity contribution in [1.29, 1.82) is 10.5 Å². The normalized spacial score (nSPS) is 11.3. The number of anilines is 2. The summed E-state index contributed by atoms with van der Waals surface area (Å²) in [5, 5.41) is 18.9. The summed E-state index contributed by atoms with van der Waals surface area (Å²) in [6.07, 6.45) is 0. The van der Waals surface area contributed by atoms with Gasteiger partial charge in [0.05, 0.1) is 11.1 Å². The molecule has 5 aromatic rings. The average molecular weight is 579 g/mol. The number of nitrogen functional groups attached to an aromatic ring is 2. The molecule has 0 aliphatic rings. The van der Waals surface area contributed by atoms with Crippen LogP contribution in [0.25, 0.3) is 0 Å². The number of ether oxygens (including phenoxy) is 2. The van der Waals surface area contributed by atoms with Gasteiger partial charge in [0.2, 0.25) is 0 Å². The van der Waals surface area contributed by atoms with Gasteiger partial charge in [-0.2, -0.15) is 10.5 Å². The molecule has 5 aromatic carbocycles. The Bertz CT molecular complexity index is 1760. The predicted octanol–water partition coefficient (Wildman–Crippen LogP) is 8.83. The van der Waals surface area contributed by atoms with E-state index in [0.29, 0.717) is 45.5 Å². The molecule has 0 unspecified atom stereocenters. The minimum Gasteiger partial charge on any atom is -0.456 e. The molecule has 0 bridgehead atoms. The summed E-state index contributed by atoms with van der Waals surface area (Å²) in [6, 6.07) is 39.0. The van der Waals surface area contributed by atoms with E-state index >= 15 is 0 Å². The molecule has 0 heterocycles. The predicted molar refractivity (Wildman–Crippen MR) is 175 cm³/mol. The molecule has 0 spiro atoms. The molecule has 0 aromatic heterocycles. The Morgan fingerprint density at radius 2 is 0.886 bits per heavy atom. The molecular weight excluding hydrogens is 544 g/mol. The highest BCUT2D eigenvalue weighted by Crippen LogP contribution is 2.38. The molecule has 0 saturated carbocycles. The number of benzene rings is 5. The number of nitriles is 2. The third-order valence-corrected chi connectivity index (χ3v) is 8.16. The number of nitrogens with two attached hydrogens (primary N) is 2. The Kier molecular flexibility index (Phi) is 8.03. The molecule has 0 aliphatic heterocycles. The lowest BCUT2D eigenvalue weighted by atomic mass is 9.73. The van der Waals surface area contributed by atoms with Gasteiger partial charge in [-0.1, -0.05) is 76.2 Å². The van der Waals surface area contributed by atoms with Crippen LogP contribution in [-0.2, 0) is 10.8 Å². The van der Waals surface area contributed by atoms with Crippen molar-refractivity contribution in [3.05, 3.63) is 143 Å². The summed E-state index contributed by atoms with van der Waals surface area (Å²) in [7, 11) is 0. The summed E-state index contributed by atoms with van der Waals surface area (Å²) >= 11 is 0. The van der Waals surface area contributed by atoms with Gasteiger partial charge >= 0.3 is 0 Å². The zero-order valence-electron chi connectivity index (χ0n) is 25.3. The van der Waals surface area contributed by atoms with Gasteiger partial charge in [0.25, 0.3) is 0 Å². The minimum atomic E-state index is -0.279. The van der Waals surface area contributed by atoms with Crippen molar-refractivity contribution >= 4 is 11.4 Å². The molecule has 44 heavy (non-hydrogen) atoms. The Balaban J connectivity index is 1.35. The Labute approximate surface area is 258 Å². The van der Waals surface area contributed by atoms with E-state index in [-0.39, 0.29) is 10.8 Å². The summed E-state index contributed by atoms with van der Waals surface area (Å²) in [6.45, 7) is 8.84. The summed E-state index contributed by atoms with van der Waals surface area (Å²) in [4.78, 5) is 0. The Morgan fingerprint density at radius 1 is 0.500 bits per heavy atom. The SMILES string of the molecule is CC(C)(c1ccc(Oc2ccc(N)cc2C#N)cc1)c1cccc(C(C)(C)c2ccc(Oc3ccc(N)cc3C#N)cc2)c1. The molecule has 0 fully saturated rings. The van der Waals surface area contributed by atoms with E-state index in [4.69, 9.17) is 20.9 Å². The molecule has 0 radical (unpaired) electrons. The smallest absolute Gasteiger partial charge is 0.145 e. The highest BCUT2D eigenvalue weighted by atomic mass is 16.5. The van der Waals surface area contributed by atoms with Gasteiger partial charge in [0, 0.05) is 22.2 Å². The summed E-state index contributed by atoms with van der Waals surface area (Å²) < 4.78 is 12.0. The molecule has 6 heteroatoms. The standard InChI is InChI=1S/C38H34N4O2/c1-37(2,27-8-14-33(15-9-27)43-35-18-12-31(41)20-25(35)23-39)29-6-5-7-30(22-29)38(3,4)28-10-16-34(17-11-28)44-36-19-13-32(42)21-26(36)24-40/h5-22H,41-42H2,1-4H3. The lowest BCUT2D eigenvalue weighted by molar-refractivity contribution is 0.480. The van der Waals surface area contributed by atoms with Crippen LogP contribution in [0.5, 0.6) is 23.0 Å². The maximum atomic E-state index is 9.44. The zero-order valence-corrected chi connectivity index (χ0v) is 25.3. The van der Waals surface area contributed by atoms with Crippen molar-refractivity contribution in [1.82, 2.24) is 0 Å². The lowest BCUT2D eigenvalue weighted by Crippen LogP contribution is -2.22. The number of hydrogen-bond donors (Lipinski definition) is 2. The second kappa shape index (κ2) is 11.9. The molecule has 218 valence electrons. The second-order valence-electron chi connectivity index (χ2n) is 11.8. The van der Waals surface area contributed by atoms with Crippen molar-refractivity contribution in [2.75, 3.05) is 11.5 Å². The van der Waals surface area contributed by atoms with E-state index in [2.05, 4.69) is 88.4 Å². The van der Waals surface area contributed by atoms with Crippen LogP contribution in [-0.4, -0.2) is 0 Å². The van der Waals surface area contributed by atoms with E-state index in [1.54, 1.807) is 36.4 Å². The monoisotopic (exact) mass is 578 g/mol.